The minimum atomic E-state index is -0.389. The Balaban J connectivity index is 1.50. The van der Waals surface area contributed by atoms with Gasteiger partial charge in [0.25, 0.3) is 0 Å². The van der Waals surface area contributed by atoms with E-state index in [-0.39, 0.29) is 18.0 Å². The zero-order valence-electron chi connectivity index (χ0n) is 14.1. The Morgan fingerprint density at radius 3 is 2.84 bits per heavy atom. The number of aliphatic hydroxyl groups is 1. The lowest BCUT2D eigenvalue weighted by Gasteiger charge is -2.33. The maximum Gasteiger partial charge on any atom is 0.123 e. The molecule has 1 aromatic carbocycles. The highest BCUT2D eigenvalue weighted by atomic mass is 19.1. The molecule has 0 radical (unpaired) electrons. The molecule has 25 heavy (non-hydrogen) atoms. The molecule has 0 spiro atoms. The second-order valence-corrected chi connectivity index (χ2v) is 6.70. The van der Waals surface area contributed by atoms with Crippen molar-refractivity contribution in [2.45, 2.75) is 18.7 Å². The number of likely N-dealkylation sites (tertiary alicyclic amines) is 1. The van der Waals surface area contributed by atoms with Crippen molar-refractivity contribution in [3.63, 3.8) is 0 Å². The summed E-state index contributed by atoms with van der Waals surface area (Å²) in [5.41, 5.74) is 1.74. The predicted octanol–water partition coefficient (Wildman–Crippen LogP) is 0.889. The molecule has 2 saturated heterocycles. The SMILES string of the molecule is O[C@H]1CN(Cc2cc(F)ccc2-n2cccn2)C[C@@H]1N1CCOCC1. The van der Waals surface area contributed by atoms with Crippen LogP contribution in [0.1, 0.15) is 5.56 Å². The second-order valence-electron chi connectivity index (χ2n) is 6.70. The van der Waals surface area contributed by atoms with Crippen LogP contribution in [0.15, 0.2) is 36.7 Å². The zero-order valence-corrected chi connectivity index (χ0v) is 14.1. The van der Waals surface area contributed by atoms with Crippen LogP contribution >= 0.6 is 0 Å². The summed E-state index contributed by atoms with van der Waals surface area (Å²) >= 11 is 0. The van der Waals surface area contributed by atoms with Gasteiger partial charge in [-0.15, -0.1) is 0 Å². The Kier molecular flexibility index (Phi) is 4.80. The van der Waals surface area contributed by atoms with E-state index in [0.717, 1.165) is 44.1 Å². The van der Waals surface area contributed by atoms with E-state index in [2.05, 4.69) is 14.9 Å². The number of nitrogens with zero attached hydrogens (tertiary/aromatic N) is 4. The Labute approximate surface area is 146 Å². The summed E-state index contributed by atoms with van der Waals surface area (Å²) in [5, 5.41) is 14.7. The molecule has 6 nitrogen and oxygen atoms in total. The smallest absolute Gasteiger partial charge is 0.123 e. The van der Waals surface area contributed by atoms with Crippen LogP contribution in [0.3, 0.4) is 0 Å². The van der Waals surface area contributed by atoms with Gasteiger partial charge in [-0.3, -0.25) is 9.80 Å². The third kappa shape index (κ3) is 3.59. The molecule has 0 unspecified atom stereocenters. The summed E-state index contributed by atoms with van der Waals surface area (Å²) in [5.74, 6) is -0.254. The van der Waals surface area contributed by atoms with Crippen LogP contribution < -0.4 is 0 Å². The van der Waals surface area contributed by atoms with Crippen LogP contribution in [0.2, 0.25) is 0 Å². The molecule has 0 saturated carbocycles. The summed E-state index contributed by atoms with van der Waals surface area (Å²) in [6, 6.07) is 6.73. The van der Waals surface area contributed by atoms with Crippen LogP contribution in [0.4, 0.5) is 4.39 Å². The summed E-state index contributed by atoms with van der Waals surface area (Å²) < 4.78 is 20.9. The highest BCUT2D eigenvalue weighted by Gasteiger charge is 2.36. The van der Waals surface area contributed by atoms with Crippen LogP contribution in [0.25, 0.3) is 5.69 Å². The van der Waals surface area contributed by atoms with Gasteiger partial charge in [0, 0.05) is 51.2 Å². The Hall–Kier alpha value is -1.80. The van der Waals surface area contributed by atoms with Gasteiger partial charge in [0.15, 0.2) is 0 Å². The molecule has 1 N–H and O–H groups in total. The van der Waals surface area contributed by atoms with Crippen LogP contribution in [0.5, 0.6) is 0 Å². The number of morpholine rings is 1. The van der Waals surface area contributed by atoms with Crippen molar-refractivity contribution in [3.8, 4) is 5.69 Å². The molecule has 1 aromatic heterocycles. The number of ether oxygens (including phenoxy) is 1. The summed E-state index contributed by atoms with van der Waals surface area (Å²) in [6.45, 7) is 5.10. The highest BCUT2D eigenvalue weighted by Crippen LogP contribution is 2.23. The van der Waals surface area contributed by atoms with Crippen molar-refractivity contribution in [3.05, 3.63) is 48.0 Å². The van der Waals surface area contributed by atoms with Gasteiger partial charge in [-0.2, -0.15) is 5.10 Å². The average molecular weight is 346 g/mol. The van der Waals surface area contributed by atoms with E-state index < -0.39 is 0 Å². The van der Waals surface area contributed by atoms with E-state index in [1.807, 2.05) is 12.3 Å². The van der Waals surface area contributed by atoms with Crippen molar-refractivity contribution < 1.29 is 14.2 Å². The molecule has 2 aromatic rings. The van der Waals surface area contributed by atoms with Crippen molar-refractivity contribution in [2.24, 2.45) is 0 Å². The van der Waals surface area contributed by atoms with Gasteiger partial charge in [-0.05, 0) is 29.8 Å². The molecule has 2 aliphatic rings. The monoisotopic (exact) mass is 346 g/mol. The number of aliphatic hydroxyl groups excluding tert-OH is 1. The molecule has 3 heterocycles. The van der Waals surface area contributed by atoms with E-state index in [9.17, 15) is 9.50 Å². The normalized spacial score (nSPS) is 25.5. The van der Waals surface area contributed by atoms with Crippen LogP contribution in [-0.2, 0) is 11.3 Å². The summed E-state index contributed by atoms with van der Waals surface area (Å²) in [6.07, 6.45) is 3.17. The highest BCUT2D eigenvalue weighted by molar-refractivity contribution is 5.40. The third-order valence-corrected chi connectivity index (χ3v) is 5.04. The Morgan fingerprint density at radius 2 is 2.08 bits per heavy atom. The van der Waals surface area contributed by atoms with Gasteiger partial charge in [0.1, 0.15) is 5.82 Å². The molecule has 2 aliphatic heterocycles. The van der Waals surface area contributed by atoms with E-state index >= 15 is 0 Å². The molecule has 2 atom stereocenters. The van der Waals surface area contributed by atoms with E-state index in [1.54, 1.807) is 23.0 Å². The number of hydrogen-bond donors (Lipinski definition) is 1. The van der Waals surface area contributed by atoms with Crippen molar-refractivity contribution >= 4 is 0 Å². The molecule has 0 aliphatic carbocycles. The quantitative estimate of drug-likeness (QED) is 0.891. The molecule has 7 heteroatoms. The maximum atomic E-state index is 13.8. The topological polar surface area (TPSA) is 53.8 Å². The van der Waals surface area contributed by atoms with E-state index in [1.165, 1.54) is 6.07 Å². The van der Waals surface area contributed by atoms with Gasteiger partial charge in [-0.25, -0.2) is 9.07 Å². The van der Waals surface area contributed by atoms with Gasteiger partial charge >= 0.3 is 0 Å². The average Bonchev–Trinajstić information content (AvgIpc) is 3.26. The fourth-order valence-electron chi connectivity index (χ4n) is 3.80. The van der Waals surface area contributed by atoms with Gasteiger partial charge in [-0.1, -0.05) is 0 Å². The minimum Gasteiger partial charge on any atom is -0.390 e. The fourth-order valence-corrected chi connectivity index (χ4v) is 3.80. The van der Waals surface area contributed by atoms with E-state index in [4.69, 9.17) is 4.74 Å². The lowest BCUT2D eigenvalue weighted by Crippen LogP contribution is -2.48. The number of benzene rings is 1. The number of rotatable bonds is 4. The molecule has 0 amide bonds. The lowest BCUT2D eigenvalue weighted by molar-refractivity contribution is -0.00618. The molecule has 2 fully saturated rings. The first-order valence-corrected chi connectivity index (χ1v) is 8.71. The fraction of sp³-hybridized carbons (Fsp3) is 0.500. The van der Waals surface area contributed by atoms with Crippen LogP contribution in [-0.4, -0.2) is 76.2 Å². The molecular weight excluding hydrogens is 323 g/mol. The molecule has 4 rings (SSSR count). The molecule has 0 bridgehead atoms. The largest absolute Gasteiger partial charge is 0.390 e. The first kappa shape index (κ1) is 16.7. The van der Waals surface area contributed by atoms with Crippen molar-refractivity contribution in [2.75, 3.05) is 39.4 Å². The standard InChI is InChI=1S/C18H23FN4O2/c19-15-2-3-16(23-5-1-4-20-23)14(10-15)11-21-12-17(18(24)13-21)22-6-8-25-9-7-22/h1-5,10,17-18,24H,6-9,11-13H2/t17-,18-/m0/s1. The molecule has 134 valence electrons. The number of hydrogen-bond acceptors (Lipinski definition) is 5. The first-order chi connectivity index (χ1) is 12.2. The minimum absolute atomic E-state index is 0.116. The third-order valence-electron chi connectivity index (χ3n) is 5.04. The maximum absolute atomic E-state index is 13.8. The van der Waals surface area contributed by atoms with Crippen molar-refractivity contribution in [1.82, 2.24) is 19.6 Å². The number of aromatic nitrogens is 2. The summed E-state index contributed by atoms with van der Waals surface area (Å²) in [7, 11) is 0. The van der Waals surface area contributed by atoms with Crippen molar-refractivity contribution in [1.29, 1.82) is 0 Å². The molecular formula is C18H23FN4O2. The zero-order chi connectivity index (χ0) is 17.2. The van der Waals surface area contributed by atoms with Gasteiger partial charge in [0.05, 0.1) is 25.0 Å². The Morgan fingerprint density at radius 1 is 1.24 bits per heavy atom. The Bertz CT molecular complexity index is 703. The second kappa shape index (κ2) is 7.21. The van der Waals surface area contributed by atoms with Gasteiger partial charge in [0.2, 0.25) is 0 Å². The number of halogens is 1. The summed E-state index contributed by atoms with van der Waals surface area (Å²) in [4.78, 5) is 4.49. The van der Waals surface area contributed by atoms with Gasteiger partial charge < -0.3 is 9.84 Å². The van der Waals surface area contributed by atoms with E-state index in [0.29, 0.717) is 13.1 Å². The predicted molar refractivity (Wildman–Crippen MR) is 91.0 cm³/mol. The first-order valence-electron chi connectivity index (χ1n) is 8.71. The number of β-amino-alcohol motifs (C(OH)–C–C–N with tert-alkyl or cyclic N) is 1. The lowest BCUT2D eigenvalue weighted by atomic mass is 10.1. The van der Waals surface area contributed by atoms with Crippen LogP contribution in [0, 0.1) is 5.82 Å².